The monoisotopic (exact) mass is 636 g/mol. The van der Waals surface area contributed by atoms with Gasteiger partial charge < -0.3 is 9.88 Å². The van der Waals surface area contributed by atoms with E-state index in [1.807, 2.05) is 18.2 Å². The number of rotatable bonds is 5. The van der Waals surface area contributed by atoms with Crippen LogP contribution in [0.1, 0.15) is 25.0 Å². The normalized spacial score (nSPS) is 13.1. The molecule has 0 saturated carbocycles. The molecule has 0 amide bonds. The molecule has 48 heavy (non-hydrogen) atoms. The van der Waals surface area contributed by atoms with Gasteiger partial charge in [0, 0.05) is 49.3 Å². The number of hydrogen-bond acceptors (Lipinski definition) is 1. The van der Waals surface area contributed by atoms with Gasteiger partial charge in [-0.3, -0.25) is 0 Å². The van der Waals surface area contributed by atoms with Crippen LogP contribution >= 0.6 is 11.6 Å². The fraction of sp³-hybridized carbons (Fsp3) is 0.0667. The zero-order valence-corrected chi connectivity index (χ0v) is 27.6. The molecule has 2 nitrogen and oxygen atoms in total. The molecule has 0 fully saturated rings. The van der Waals surface area contributed by atoms with Gasteiger partial charge in [0.1, 0.15) is 0 Å². The van der Waals surface area contributed by atoms with E-state index in [0.717, 1.165) is 38.5 Å². The van der Waals surface area contributed by atoms with Gasteiger partial charge >= 0.3 is 0 Å². The van der Waals surface area contributed by atoms with E-state index in [-0.39, 0.29) is 5.41 Å². The van der Waals surface area contributed by atoms with E-state index < -0.39 is 0 Å². The predicted octanol–water partition coefficient (Wildman–Crippen LogP) is 13.1. The molecule has 1 heterocycles. The Morgan fingerprint density at radius 1 is 0.458 bits per heavy atom. The van der Waals surface area contributed by atoms with Gasteiger partial charge in [0.15, 0.2) is 0 Å². The Bertz CT molecular complexity index is 2470. The maximum atomic E-state index is 6.37. The van der Waals surface area contributed by atoms with E-state index in [0.29, 0.717) is 0 Å². The third-order valence-corrected chi connectivity index (χ3v) is 10.3. The third-order valence-electron chi connectivity index (χ3n) is 10.1. The van der Waals surface area contributed by atoms with Gasteiger partial charge in [0.25, 0.3) is 0 Å². The molecular formula is C45H33ClN2. The van der Waals surface area contributed by atoms with E-state index >= 15 is 0 Å². The van der Waals surface area contributed by atoms with Gasteiger partial charge in [-0.1, -0.05) is 116 Å². The van der Waals surface area contributed by atoms with Crippen molar-refractivity contribution in [3.05, 3.63) is 174 Å². The summed E-state index contributed by atoms with van der Waals surface area (Å²) in [6.07, 6.45) is 0. The molecular weight excluding hydrogens is 604 g/mol. The maximum absolute atomic E-state index is 6.37. The zero-order valence-electron chi connectivity index (χ0n) is 26.8. The van der Waals surface area contributed by atoms with Crippen molar-refractivity contribution in [3.8, 4) is 33.4 Å². The van der Waals surface area contributed by atoms with E-state index in [9.17, 15) is 0 Å². The molecule has 0 unspecified atom stereocenters. The van der Waals surface area contributed by atoms with Crippen LogP contribution in [0.2, 0.25) is 5.02 Å². The van der Waals surface area contributed by atoms with E-state index in [2.05, 4.69) is 163 Å². The van der Waals surface area contributed by atoms with Crippen molar-refractivity contribution in [2.75, 3.05) is 4.90 Å². The van der Waals surface area contributed by atoms with Gasteiger partial charge in [0.2, 0.25) is 0 Å². The van der Waals surface area contributed by atoms with E-state index in [1.165, 1.54) is 49.9 Å². The van der Waals surface area contributed by atoms with Crippen molar-refractivity contribution in [2.45, 2.75) is 19.3 Å². The summed E-state index contributed by atoms with van der Waals surface area (Å²) in [5, 5.41) is 3.06. The number of nitrogens with zero attached hydrogens (tertiary/aromatic N) is 1. The number of nitrogens with one attached hydrogen (secondary N) is 1. The molecule has 0 bridgehead atoms. The third kappa shape index (κ3) is 4.64. The summed E-state index contributed by atoms with van der Waals surface area (Å²) >= 11 is 6.37. The highest BCUT2D eigenvalue weighted by Crippen LogP contribution is 2.50. The van der Waals surface area contributed by atoms with Crippen LogP contribution in [-0.4, -0.2) is 4.98 Å². The van der Waals surface area contributed by atoms with Crippen molar-refractivity contribution in [1.29, 1.82) is 0 Å². The number of anilines is 3. The first-order valence-corrected chi connectivity index (χ1v) is 16.8. The SMILES string of the molecule is CC1(C)c2ccccc2-c2ccc(N(c3ccc(-c4ccccc4)cc3)c3ccc(-c4ccc5[nH]c6ccc(Cl)cc6c5c4)cc3)cc21. The second kappa shape index (κ2) is 11.0. The standard InChI is InChI=1S/C45H33ClN2/c1-45(2)41-11-7-6-10-37(41)38-23-22-36(28-42(38)45)48(34-18-12-30(13-19-34)29-8-4-3-5-9-29)35-20-14-31(15-21-35)32-16-24-43-39(26-32)40-27-33(46)17-25-44(40)47-43/h3-28,47H,1-2H3. The molecule has 1 aliphatic carbocycles. The van der Waals surface area contributed by atoms with E-state index in [4.69, 9.17) is 11.6 Å². The first-order chi connectivity index (χ1) is 23.4. The van der Waals surface area contributed by atoms with Crippen LogP contribution in [0, 0.1) is 0 Å². The van der Waals surface area contributed by atoms with Crippen molar-refractivity contribution in [3.63, 3.8) is 0 Å². The number of H-pyrrole nitrogens is 1. The first kappa shape index (κ1) is 28.6. The van der Waals surface area contributed by atoms with Gasteiger partial charge in [-0.05, 0) is 111 Å². The summed E-state index contributed by atoms with van der Waals surface area (Å²) in [6, 6.07) is 56.9. The minimum atomic E-state index is -0.0834. The Balaban J connectivity index is 1.14. The van der Waals surface area contributed by atoms with Crippen molar-refractivity contribution >= 4 is 50.5 Å². The molecule has 230 valence electrons. The molecule has 9 rings (SSSR count). The second-order valence-corrected chi connectivity index (χ2v) is 13.7. The first-order valence-electron chi connectivity index (χ1n) is 16.5. The molecule has 1 aliphatic rings. The lowest BCUT2D eigenvalue weighted by atomic mass is 9.82. The van der Waals surface area contributed by atoms with Gasteiger partial charge in [-0.15, -0.1) is 0 Å². The van der Waals surface area contributed by atoms with Crippen molar-refractivity contribution < 1.29 is 0 Å². The lowest BCUT2D eigenvalue weighted by Crippen LogP contribution is -2.16. The fourth-order valence-electron chi connectivity index (χ4n) is 7.56. The molecule has 8 aromatic rings. The second-order valence-electron chi connectivity index (χ2n) is 13.3. The Hall–Kier alpha value is -5.57. The van der Waals surface area contributed by atoms with Crippen LogP contribution in [-0.2, 0) is 5.41 Å². The average molecular weight is 637 g/mol. The summed E-state index contributed by atoms with van der Waals surface area (Å²) in [6.45, 7) is 4.68. The number of halogens is 1. The van der Waals surface area contributed by atoms with Crippen LogP contribution in [0.3, 0.4) is 0 Å². The highest BCUT2D eigenvalue weighted by atomic mass is 35.5. The Morgan fingerprint density at radius 3 is 1.73 bits per heavy atom. The average Bonchev–Trinajstić information content (AvgIpc) is 3.60. The molecule has 0 spiro atoms. The van der Waals surface area contributed by atoms with E-state index in [1.54, 1.807) is 0 Å². The number of aromatic nitrogens is 1. The quantitative estimate of drug-likeness (QED) is 0.199. The predicted molar refractivity (Wildman–Crippen MR) is 204 cm³/mol. The molecule has 0 radical (unpaired) electrons. The van der Waals surface area contributed by atoms with Crippen LogP contribution in [0.25, 0.3) is 55.2 Å². The van der Waals surface area contributed by atoms with Gasteiger partial charge in [-0.2, -0.15) is 0 Å². The lowest BCUT2D eigenvalue weighted by molar-refractivity contribution is 0.660. The van der Waals surface area contributed by atoms with Crippen LogP contribution < -0.4 is 4.90 Å². The van der Waals surface area contributed by atoms with Crippen LogP contribution in [0.15, 0.2) is 158 Å². The molecule has 7 aromatic carbocycles. The highest BCUT2D eigenvalue weighted by Gasteiger charge is 2.35. The van der Waals surface area contributed by atoms with Gasteiger partial charge in [-0.25, -0.2) is 0 Å². The summed E-state index contributed by atoms with van der Waals surface area (Å²) < 4.78 is 0. The fourth-order valence-corrected chi connectivity index (χ4v) is 7.74. The molecule has 3 heteroatoms. The summed E-state index contributed by atoms with van der Waals surface area (Å²) in [7, 11) is 0. The number of benzene rings is 7. The highest BCUT2D eigenvalue weighted by molar-refractivity contribution is 6.31. The number of hydrogen-bond donors (Lipinski definition) is 1. The number of aromatic amines is 1. The minimum absolute atomic E-state index is 0.0834. The largest absolute Gasteiger partial charge is 0.355 e. The van der Waals surface area contributed by atoms with Crippen LogP contribution in [0.5, 0.6) is 0 Å². The molecule has 0 atom stereocenters. The zero-order chi connectivity index (χ0) is 32.4. The molecule has 1 N–H and O–H groups in total. The van der Waals surface area contributed by atoms with Gasteiger partial charge in [0.05, 0.1) is 0 Å². The summed E-state index contributed by atoms with van der Waals surface area (Å²) in [4.78, 5) is 5.90. The Labute approximate surface area is 285 Å². The lowest BCUT2D eigenvalue weighted by Gasteiger charge is -2.28. The Kier molecular flexibility index (Phi) is 6.57. The summed E-state index contributed by atoms with van der Waals surface area (Å²) in [5.41, 5.74) is 15.7. The van der Waals surface area contributed by atoms with Crippen molar-refractivity contribution in [2.24, 2.45) is 0 Å². The molecule has 0 saturated heterocycles. The topological polar surface area (TPSA) is 19.0 Å². The smallest absolute Gasteiger partial charge is 0.0465 e. The minimum Gasteiger partial charge on any atom is -0.355 e. The van der Waals surface area contributed by atoms with Crippen LogP contribution in [0.4, 0.5) is 17.1 Å². The Morgan fingerprint density at radius 2 is 1.00 bits per heavy atom. The summed E-state index contributed by atoms with van der Waals surface area (Å²) in [5.74, 6) is 0. The maximum Gasteiger partial charge on any atom is 0.0465 e. The number of fused-ring (bicyclic) bond motifs is 6. The molecule has 1 aromatic heterocycles. The molecule has 0 aliphatic heterocycles. The van der Waals surface area contributed by atoms with Crippen molar-refractivity contribution in [1.82, 2.24) is 4.98 Å².